The topological polar surface area (TPSA) is 75.4 Å². The third kappa shape index (κ3) is 3.93. The summed E-state index contributed by atoms with van der Waals surface area (Å²) >= 11 is 6.33. The van der Waals surface area contributed by atoms with E-state index >= 15 is 0 Å². The zero-order valence-corrected chi connectivity index (χ0v) is 14.4. The summed E-state index contributed by atoms with van der Waals surface area (Å²) in [5, 5.41) is 14.0. The van der Waals surface area contributed by atoms with Gasteiger partial charge in [-0.3, -0.25) is 9.48 Å². The van der Waals surface area contributed by atoms with Crippen LogP contribution in [0.4, 0.5) is 0 Å². The summed E-state index contributed by atoms with van der Waals surface area (Å²) in [6.07, 6.45) is 4.22. The van der Waals surface area contributed by atoms with Gasteiger partial charge < -0.3 is 10.0 Å². The number of carboxylic acids is 1. The number of carbonyl (C=O) groups is 2. The predicted molar refractivity (Wildman–Crippen MR) is 88.2 cm³/mol. The number of aryl methyl sites for hydroxylation is 1. The molecule has 2 heterocycles. The maximum atomic E-state index is 12.2. The maximum Gasteiger partial charge on any atom is 0.326 e. The van der Waals surface area contributed by atoms with Gasteiger partial charge in [0.05, 0.1) is 5.69 Å². The monoisotopic (exact) mass is 339 g/mol. The molecule has 23 heavy (non-hydrogen) atoms. The van der Waals surface area contributed by atoms with Gasteiger partial charge >= 0.3 is 5.97 Å². The molecule has 1 aromatic rings. The van der Waals surface area contributed by atoms with Crippen molar-refractivity contribution in [2.75, 3.05) is 6.54 Å². The van der Waals surface area contributed by atoms with Crippen LogP contribution in [0.25, 0.3) is 6.08 Å². The highest BCUT2D eigenvalue weighted by Gasteiger charge is 2.32. The number of aliphatic carboxylic acids is 1. The molecule has 1 N–H and O–H groups in total. The summed E-state index contributed by atoms with van der Waals surface area (Å²) in [6.45, 7) is 7.16. The van der Waals surface area contributed by atoms with Gasteiger partial charge in [-0.1, -0.05) is 25.4 Å². The van der Waals surface area contributed by atoms with Crippen LogP contribution in [0.3, 0.4) is 0 Å². The molecule has 0 bridgehead atoms. The van der Waals surface area contributed by atoms with Gasteiger partial charge in [0.25, 0.3) is 0 Å². The number of hydrogen-bond acceptors (Lipinski definition) is 3. The molecular weight excluding hydrogens is 318 g/mol. The minimum atomic E-state index is -0.955. The van der Waals surface area contributed by atoms with Crippen molar-refractivity contribution >= 4 is 29.6 Å². The van der Waals surface area contributed by atoms with Crippen LogP contribution < -0.4 is 0 Å². The van der Waals surface area contributed by atoms with Crippen molar-refractivity contribution in [2.24, 2.45) is 5.92 Å². The van der Waals surface area contributed by atoms with Gasteiger partial charge in [0.15, 0.2) is 0 Å². The lowest BCUT2D eigenvalue weighted by Gasteiger charge is -2.19. The lowest BCUT2D eigenvalue weighted by atomic mass is 10.2. The van der Waals surface area contributed by atoms with E-state index in [0.29, 0.717) is 42.6 Å². The third-order valence-electron chi connectivity index (χ3n) is 3.86. The lowest BCUT2D eigenvalue weighted by molar-refractivity contribution is -0.146. The van der Waals surface area contributed by atoms with Crippen LogP contribution in [0.1, 0.15) is 37.9 Å². The summed E-state index contributed by atoms with van der Waals surface area (Å²) in [5.74, 6) is -0.851. The fraction of sp³-hybridized carbons (Fsp3) is 0.562. The SMILES string of the molecule is Cc1nn(CC(C)C)c(Cl)c1C=CC(=O)N1CCCC1C(=O)O. The first-order chi connectivity index (χ1) is 10.8. The molecule has 1 aliphatic heterocycles. The van der Waals surface area contributed by atoms with Gasteiger partial charge in [-0.05, 0) is 31.8 Å². The minimum Gasteiger partial charge on any atom is -0.480 e. The first kappa shape index (κ1) is 17.5. The Kier molecular flexibility index (Phi) is 5.46. The molecule has 0 aromatic carbocycles. The molecule has 0 spiro atoms. The predicted octanol–water partition coefficient (Wildman–Crippen LogP) is 2.59. The van der Waals surface area contributed by atoms with Crippen LogP contribution in [0.2, 0.25) is 5.15 Å². The molecule has 6 nitrogen and oxygen atoms in total. The number of carbonyl (C=O) groups excluding carboxylic acids is 1. The van der Waals surface area contributed by atoms with Crippen LogP contribution in [-0.4, -0.2) is 44.3 Å². The standard InChI is InChI=1S/C16H22ClN3O3/c1-10(2)9-20-15(17)12(11(3)18-20)6-7-14(21)19-8-4-5-13(19)16(22)23/h6-7,10,13H,4-5,8-9H2,1-3H3,(H,22,23). The molecule has 1 aromatic heterocycles. The molecule has 1 atom stereocenters. The van der Waals surface area contributed by atoms with Crippen LogP contribution >= 0.6 is 11.6 Å². The van der Waals surface area contributed by atoms with Crippen LogP contribution in [0.5, 0.6) is 0 Å². The fourth-order valence-electron chi connectivity index (χ4n) is 2.76. The Balaban J connectivity index is 2.15. The molecule has 1 saturated heterocycles. The molecule has 1 unspecified atom stereocenters. The Morgan fingerprint density at radius 3 is 2.78 bits per heavy atom. The number of nitrogens with zero attached hydrogens (tertiary/aromatic N) is 3. The quantitative estimate of drug-likeness (QED) is 0.837. The molecule has 0 aliphatic carbocycles. The Bertz CT molecular complexity index is 637. The van der Waals surface area contributed by atoms with Crippen molar-refractivity contribution in [3.63, 3.8) is 0 Å². The van der Waals surface area contributed by atoms with E-state index < -0.39 is 12.0 Å². The Hall–Kier alpha value is -1.82. The number of carboxylic acid groups (broad SMARTS) is 1. The normalized spacial score (nSPS) is 18.3. The molecular formula is C16H22ClN3O3. The van der Waals surface area contributed by atoms with Gasteiger partial charge in [0, 0.05) is 24.7 Å². The smallest absolute Gasteiger partial charge is 0.326 e. The number of aromatic nitrogens is 2. The first-order valence-electron chi connectivity index (χ1n) is 7.75. The average Bonchev–Trinajstić information content (AvgIpc) is 3.03. The van der Waals surface area contributed by atoms with Gasteiger partial charge in [-0.15, -0.1) is 0 Å². The van der Waals surface area contributed by atoms with Crippen molar-refractivity contribution in [2.45, 2.75) is 46.2 Å². The Labute approximate surface area is 140 Å². The molecule has 1 fully saturated rings. The van der Waals surface area contributed by atoms with Crippen LogP contribution in [0, 0.1) is 12.8 Å². The van der Waals surface area contributed by atoms with Crippen molar-refractivity contribution in [1.29, 1.82) is 0 Å². The zero-order chi connectivity index (χ0) is 17.1. The maximum absolute atomic E-state index is 12.2. The van der Waals surface area contributed by atoms with E-state index in [1.807, 2.05) is 6.92 Å². The fourth-order valence-corrected chi connectivity index (χ4v) is 3.07. The van der Waals surface area contributed by atoms with E-state index in [0.717, 1.165) is 5.69 Å². The van der Waals surface area contributed by atoms with Gasteiger partial charge in [-0.25, -0.2) is 4.79 Å². The average molecular weight is 340 g/mol. The minimum absolute atomic E-state index is 0.304. The molecule has 126 valence electrons. The van der Waals surface area contributed by atoms with Crippen LogP contribution in [-0.2, 0) is 16.1 Å². The second kappa shape index (κ2) is 7.17. The van der Waals surface area contributed by atoms with Crippen molar-refractivity contribution in [3.05, 3.63) is 22.5 Å². The second-order valence-corrected chi connectivity index (χ2v) is 6.59. The van der Waals surface area contributed by atoms with E-state index in [1.54, 1.807) is 10.8 Å². The Morgan fingerprint density at radius 1 is 1.48 bits per heavy atom. The van der Waals surface area contributed by atoms with E-state index in [2.05, 4.69) is 18.9 Å². The van der Waals surface area contributed by atoms with E-state index in [1.165, 1.54) is 11.0 Å². The highest BCUT2D eigenvalue weighted by molar-refractivity contribution is 6.31. The summed E-state index contributed by atoms with van der Waals surface area (Å²) in [6, 6.07) is -0.729. The van der Waals surface area contributed by atoms with E-state index in [4.69, 9.17) is 16.7 Å². The van der Waals surface area contributed by atoms with E-state index in [-0.39, 0.29) is 5.91 Å². The van der Waals surface area contributed by atoms with Gasteiger partial charge in [-0.2, -0.15) is 5.10 Å². The molecule has 1 amide bonds. The summed E-state index contributed by atoms with van der Waals surface area (Å²) < 4.78 is 1.72. The molecule has 1 aliphatic rings. The Morgan fingerprint density at radius 2 is 2.17 bits per heavy atom. The molecule has 0 saturated carbocycles. The summed E-state index contributed by atoms with van der Waals surface area (Å²) in [5.41, 5.74) is 1.45. The largest absolute Gasteiger partial charge is 0.480 e. The third-order valence-corrected chi connectivity index (χ3v) is 4.26. The number of rotatable bonds is 5. The van der Waals surface area contributed by atoms with Gasteiger partial charge in [0.2, 0.25) is 5.91 Å². The van der Waals surface area contributed by atoms with Crippen molar-refractivity contribution in [1.82, 2.24) is 14.7 Å². The zero-order valence-electron chi connectivity index (χ0n) is 13.6. The first-order valence-corrected chi connectivity index (χ1v) is 8.13. The number of hydrogen-bond donors (Lipinski definition) is 1. The lowest BCUT2D eigenvalue weighted by Crippen LogP contribution is -2.39. The highest BCUT2D eigenvalue weighted by Crippen LogP contribution is 2.23. The number of halogens is 1. The van der Waals surface area contributed by atoms with Gasteiger partial charge in [0.1, 0.15) is 11.2 Å². The molecule has 0 radical (unpaired) electrons. The number of likely N-dealkylation sites (tertiary alicyclic amines) is 1. The summed E-state index contributed by atoms with van der Waals surface area (Å²) in [7, 11) is 0. The van der Waals surface area contributed by atoms with E-state index in [9.17, 15) is 9.59 Å². The van der Waals surface area contributed by atoms with Crippen LogP contribution in [0.15, 0.2) is 6.08 Å². The second-order valence-electron chi connectivity index (χ2n) is 6.23. The molecule has 7 heteroatoms. The number of amides is 1. The summed E-state index contributed by atoms with van der Waals surface area (Å²) in [4.78, 5) is 24.8. The molecule has 2 rings (SSSR count). The highest BCUT2D eigenvalue weighted by atomic mass is 35.5. The van der Waals surface area contributed by atoms with Crippen molar-refractivity contribution < 1.29 is 14.7 Å². The van der Waals surface area contributed by atoms with Crippen molar-refractivity contribution in [3.8, 4) is 0 Å².